The van der Waals surface area contributed by atoms with E-state index in [1.807, 2.05) is 115 Å². The normalized spacial score (nSPS) is 11.0. The number of carbonyl (C=O) groups excluding carboxylic acids is 1. The molecular formula is C50H51Cl2N11O3. The number of hydrogen-bond acceptors (Lipinski definition) is 13. The fraction of sp³-hybridized carbons (Fsp3) is 0.220. The Balaban J connectivity index is 0.000000202. The van der Waals surface area contributed by atoms with Gasteiger partial charge in [0.15, 0.2) is 0 Å². The quantitative estimate of drug-likeness (QED) is 0.0715. The molecule has 4 aromatic carbocycles. The molecule has 0 saturated carbocycles. The predicted molar refractivity (Wildman–Crippen MR) is 265 cm³/mol. The summed E-state index contributed by atoms with van der Waals surface area (Å²) in [6, 6.07) is 26.4. The largest absolute Gasteiger partial charge is 0.487 e. The molecule has 0 bridgehead atoms. The van der Waals surface area contributed by atoms with Gasteiger partial charge in [0.25, 0.3) is 0 Å². The molecule has 14 nitrogen and oxygen atoms in total. The van der Waals surface area contributed by atoms with E-state index in [0.29, 0.717) is 69.9 Å². The summed E-state index contributed by atoms with van der Waals surface area (Å²) in [7, 11) is 3.99. The van der Waals surface area contributed by atoms with Crippen molar-refractivity contribution in [3.8, 4) is 11.5 Å². The molecule has 4 aromatic heterocycles. The van der Waals surface area contributed by atoms with Crippen molar-refractivity contribution in [1.82, 2.24) is 34.8 Å². The number of ether oxygens (including phenoxy) is 2. The molecule has 0 unspecified atom stereocenters. The second kappa shape index (κ2) is 21.7. The molecule has 5 N–H and O–H groups in total. The second-order valence-corrected chi connectivity index (χ2v) is 16.8. The summed E-state index contributed by atoms with van der Waals surface area (Å²) in [5, 5.41) is 12.2. The van der Waals surface area contributed by atoms with Crippen molar-refractivity contribution < 1.29 is 14.3 Å². The number of aromatic nitrogens is 6. The smallest absolute Gasteiger partial charge is 0.224 e. The first-order chi connectivity index (χ1) is 31.8. The van der Waals surface area contributed by atoms with E-state index < -0.39 is 0 Å². The Bertz CT molecular complexity index is 3010. The first-order valence-corrected chi connectivity index (χ1v) is 22.0. The lowest BCUT2D eigenvalue weighted by Crippen LogP contribution is -2.17. The standard InChI is InChI=1S/C28H31ClN6O2.C22H20ClN5O/c1-18-7-5-11-30-26(18)16-37-20-9-10-23(22(29)14-20)34-28-21-15-24(19(2)13-25(21)31-17-32-28)33-27(36)8-6-12-35(3)4;1-13-4-3-7-25-21(13)11-29-15-5-6-19(17(23)9-15)28-22-16-10-18(24)14(2)8-20(16)26-12-27-22/h5,7,9-11,13-15,17H,6,8,12,16H2,1-4H3,(H,33,36)(H,31,32,34);3-10,12H,11,24H2,1-2H3,(H,26,27,28). The number of anilines is 6. The van der Waals surface area contributed by atoms with Crippen LogP contribution in [0.3, 0.4) is 0 Å². The summed E-state index contributed by atoms with van der Waals surface area (Å²) in [6.45, 7) is 9.51. The molecule has 0 aliphatic carbocycles. The second-order valence-electron chi connectivity index (χ2n) is 16.0. The number of carbonyl (C=O) groups is 1. The highest BCUT2D eigenvalue weighted by Gasteiger charge is 2.14. The number of nitrogens with two attached hydrogens (primary N) is 1. The Hall–Kier alpha value is -7.13. The minimum atomic E-state index is -0.0183. The summed E-state index contributed by atoms with van der Waals surface area (Å²) >= 11 is 13.1. The Kier molecular flexibility index (Phi) is 15.4. The van der Waals surface area contributed by atoms with Gasteiger partial charge in [-0.25, -0.2) is 19.9 Å². The van der Waals surface area contributed by atoms with Gasteiger partial charge in [0.1, 0.15) is 49.0 Å². The maximum absolute atomic E-state index is 12.5. The Morgan fingerprint density at radius 1 is 0.621 bits per heavy atom. The Morgan fingerprint density at radius 2 is 1.14 bits per heavy atom. The molecule has 4 heterocycles. The fourth-order valence-electron chi connectivity index (χ4n) is 6.81. The van der Waals surface area contributed by atoms with Gasteiger partial charge in [-0.05, 0) is 138 Å². The topological polar surface area (TPSA) is 178 Å². The molecule has 1 amide bonds. The zero-order valence-electron chi connectivity index (χ0n) is 37.6. The molecule has 66 heavy (non-hydrogen) atoms. The maximum atomic E-state index is 12.5. The third-order valence-corrected chi connectivity index (χ3v) is 11.3. The van der Waals surface area contributed by atoms with Crippen molar-refractivity contribution in [1.29, 1.82) is 0 Å². The van der Waals surface area contributed by atoms with Crippen molar-refractivity contribution >= 4 is 85.3 Å². The fourth-order valence-corrected chi connectivity index (χ4v) is 7.24. The number of nitrogens with zero attached hydrogens (tertiary/aromatic N) is 7. The average molecular weight is 925 g/mol. The van der Waals surface area contributed by atoms with Crippen molar-refractivity contribution in [3.63, 3.8) is 0 Å². The summed E-state index contributed by atoms with van der Waals surface area (Å²) < 4.78 is 11.7. The van der Waals surface area contributed by atoms with Gasteiger partial charge in [-0.2, -0.15) is 0 Å². The van der Waals surface area contributed by atoms with Crippen LogP contribution in [0.5, 0.6) is 11.5 Å². The number of pyridine rings is 2. The van der Waals surface area contributed by atoms with Crippen LogP contribution in [-0.2, 0) is 18.0 Å². The third-order valence-electron chi connectivity index (χ3n) is 10.7. The molecule has 0 fully saturated rings. The van der Waals surface area contributed by atoms with Crippen molar-refractivity contribution in [2.75, 3.05) is 42.3 Å². The van der Waals surface area contributed by atoms with E-state index in [9.17, 15) is 4.79 Å². The van der Waals surface area contributed by atoms with E-state index in [2.05, 4.69) is 50.8 Å². The zero-order chi connectivity index (χ0) is 46.7. The van der Waals surface area contributed by atoms with Crippen LogP contribution < -0.4 is 31.2 Å². The molecule has 0 atom stereocenters. The maximum Gasteiger partial charge on any atom is 0.224 e. The van der Waals surface area contributed by atoms with Crippen LogP contribution in [0.15, 0.2) is 110 Å². The van der Waals surface area contributed by atoms with Crippen molar-refractivity contribution in [2.24, 2.45) is 0 Å². The molecule has 0 spiro atoms. The molecule has 0 aliphatic heterocycles. The molecule has 338 valence electrons. The highest BCUT2D eigenvalue weighted by molar-refractivity contribution is 6.34. The minimum absolute atomic E-state index is 0.0183. The van der Waals surface area contributed by atoms with E-state index in [-0.39, 0.29) is 5.91 Å². The third kappa shape index (κ3) is 12.2. The first kappa shape index (κ1) is 46.9. The lowest BCUT2D eigenvalue weighted by atomic mass is 10.1. The number of rotatable bonds is 15. The average Bonchev–Trinajstić information content (AvgIpc) is 3.28. The number of aryl methyl sites for hydroxylation is 4. The lowest BCUT2D eigenvalue weighted by molar-refractivity contribution is -0.116. The summed E-state index contributed by atoms with van der Waals surface area (Å²) in [5.74, 6) is 2.52. The molecule has 8 aromatic rings. The van der Waals surface area contributed by atoms with Gasteiger partial charge in [0.05, 0.1) is 43.8 Å². The van der Waals surface area contributed by atoms with Gasteiger partial charge in [0.2, 0.25) is 5.91 Å². The highest BCUT2D eigenvalue weighted by Crippen LogP contribution is 2.35. The van der Waals surface area contributed by atoms with E-state index >= 15 is 0 Å². The number of amides is 1. The van der Waals surface area contributed by atoms with Crippen molar-refractivity contribution in [3.05, 3.63) is 154 Å². The van der Waals surface area contributed by atoms with Gasteiger partial charge in [0, 0.05) is 53.1 Å². The summed E-state index contributed by atoms with van der Waals surface area (Å²) in [6.07, 6.45) is 7.77. The van der Waals surface area contributed by atoms with Crippen LogP contribution in [0.2, 0.25) is 10.0 Å². The van der Waals surface area contributed by atoms with E-state index in [4.69, 9.17) is 38.4 Å². The Morgan fingerprint density at radius 3 is 1.64 bits per heavy atom. The molecule has 16 heteroatoms. The number of nitrogen functional groups attached to an aromatic ring is 1. The predicted octanol–water partition coefficient (Wildman–Crippen LogP) is 11.1. The van der Waals surface area contributed by atoms with Gasteiger partial charge in [-0.3, -0.25) is 14.8 Å². The first-order valence-electron chi connectivity index (χ1n) is 21.2. The zero-order valence-corrected chi connectivity index (χ0v) is 39.1. The van der Waals surface area contributed by atoms with Crippen LogP contribution in [0.1, 0.15) is 46.5 Å². The monoisotopic (exact) mass is 923 g/mol. The van der Waals surface area contributed by atoms with Gasteiger partial charge in [-0.1, -0.05) is 35.3 Å². The molecule has 0 aliphatic rings. The van der Waals surface area contributed by atoms with Crippen LogP contribution in [0.4, 0.5) is 34.4 Å². The minimum Gasteiger partial charge on any atom is -0.487 e. The lowest BCUT2D eigenvalue weighted by Gasteiger charge is -2.14. The Labute approximate surface area is 394 Å². The summed E-state index contributed by atoms with van der Waals surface area (Å²) in [5.41, 5.74) is 16.3. The van der Waals surface area contributed by atoms with E-state index in [1.54, 1.807) is 24.5 Å². The SMILES string of the molecule is Cc1cc2ncnc(Nc3ccc(OCc4ncccc4C)cc3Cl)c2cc1N.Cc1cc2ncnc(Nc3ccc(OCc4ncccc4C)cc3Cl)c2cc1NC(=O)CCCN(C)C. The number of nitrogens with one attached hydrogen (secondary N) is 3. The molecule has 0 saturated heterocycles. The van der Waals surface area contributed by atoms with Crippen LogP contribution >= 0.6 is 23.2 Å². The number of hydrogen-bond donors (Lipinski definition) is 4. The molecular weight excluding hydrogens is 874 g/mol. The van der Waals surface area contributed by atoms with Gasteiger partial charge in [-0.15, -0.1) is 0 Å². The van der Waals surface area contributed by atoms with E-state index in [1.165, 1.54) is 12.7 Å². The van der Waals surface area contributed by atoms with Crippen LogP contribution in [0.25, 0.3) is 21.8 Å². The molecule has 8 rings (SSSR count). The summed E-state index contributed by atoms with van der Waals surface area (Å²) in [4.78, 5) is 40.7. The van der Waals surface area contributed by atoms with Gasteiger partial charge < -0.3 is 36.1 Å². The van der Waals surface area contributed by atoms with Gasteiger partial charge >= 0.3 is 0 Å². The van der Waals surface area contributed by atoms with E-state index in [0.717, 1.165) is 74.1 Å². The number of fused-ring (bicyclic) bond motifs is 2. The van der Waals surface area contributed by atoms with Crippen LogP contribution in [0, 0.1) is 27.7 Å². The van der Waals surface area contributed by atoms with Crippen molar-refractivity contribution in [2.45, 2.75) is 53.8 Å². The number of halogens is 2. The number of benzene rings is 4. The van der Waals surface area contributed by atoms with Crippen LogP contribution in [-0.4, -0.2) is 61.4 Å². The molecule has 0 radical (unpaired) electrons. The highest BCUT2D eigenvalue weighted by atomic mass is 35.5.